The number of H-pyrrole nitrogens is 1. The van der Waals surface area contributed by atoms with Crippen molar-refractivity contribution in [2.75, 3.05) is 12.8 Å². The van der Waals surface area contributed by atoms with Crippen LogP contribution in [-0.4, -0.2) is 32.9 Å². The lowest BCUT2D eigenvalue weighted by molar-refractivity contribution is 0.240. The number of hydrogen-bond donors (Lipinski definition) is 1. The van der Waals surface area contributed by atoms with Gasteiger partial charge in [0.05, 0.1) is 17.0 Å². The number of nitrogens with zero attached hydrogens (tertiary/aromatic N) is 4. The third-order valence-electron chi connectivity index (χ3n) is 5.40. The van der Waals surface area contributed by atoms with E-state index in [1.807, 2.05) is 18.4 Å². The van der Waals surface area contributed by atoms with Gasteiger partial charge < -0.3 is 0 Å². The second-order valence-electron chi connectivity index (χ2n) is 6.98. The number of aromatic amines is 1. The molecule has 0 spiro atoms. The van der Waals surface area contributed by atoms with Crippen LogP contribution in [0.25, 0.3) is 0 Å². The van der Waals surface area contributed by atoms with Gasteiger partial charge in [0, 0.05) is 43.2 Å². The Kier molecular flexibility index (Phi) is 4.78. The van der Waals surface area contributed by atoms with Crippen molar-refractivity contribution in [3.63, 3.8) is 0 Å². The van der Waals surface area contributed by atoms with Gasteiger partial charge in [0.15, 0.2) is 0 Å². The molecule has 1 aliphatic carbocycles. The quantitative estimate of drug-likeness (QED) is 0.850. The fourth-order valence-electron chi connectivity index (χ4n) is 4.08. The first kappa shape index (κ1) is 16.6. The number of pyridine rings is 1. The molecule has 0 aromatic carbocycles. The molecule has 25 heavy (non-hydrogen) atoms. The first-order valence-electron chi connectivity index (χ1n) is 9.01. The number of hydrogen-bond acceptors (Lipinski definition) is 5. The Morgan fingerprint density at radius 3 is 2.96 bits per heavy atom. The van der Waals surface area contributed by atoms with Crippen molar-refractivity contribution >= 4 is 11.8 Å². The summed E-state index contributed by atoms with van der Waals surface area (Å²) in [7, 11) is 0. The minimum atomic E-state index is 0.649. The van der Waals surface area contributed by atoms with E-state index in [1.165, 1.54) is 54.4 Å². The molecule has 1 saturated carbocycles. The zero-order valence-corrected chi connectivity index (χ0v) is 15.4. The lowest BCUT2D eigenvalue weighted by Crippen LogP contribution is -2.30. The molecule has 2 aromatic heterocycles. The first-order valence-corrected chi connectivity index (χ1v) is 10.2. The Labute approximate surface area is 152 Å². The summed E-state index contributed by atoms with van der Waals surface area (Å²) >= 11 is 1.54. The second-order valence-corrected chi connectivity index (χ2v) is 7.77. The predicted octanol–water partition coefficient (Wildman–Crippen LogP) is 3.61. The van der Waals surface area contributed by atoms with E-state index in [-0.39, 0.29) is 0 Å². The summed E-state index contributed by atoms with van der Waals surface area (Å²) < 4.78 is 0. The monoisotopic (exact) mass is 353 g/mol. The van der Waals surface area contributed by atoms with Crippen molar-refractivity contribution in [3.8, 4) is 6.07 Å². The SMILES string of the molecule is CSc1nc(CN2CCc3[nH]nc(C4CCCC4)c3C2)ccc1C#N. The molecule has 1 N–H and O–H groups in total. The van der Waals surface area contributed by atoms with Gasteiger partial charge in [0.25, 0.3) is 0 Å². The van der Waals surface area contributed by atoms with Crippen molar-refractivity contribution in [1.29, 1.82) is 5.26 Å². The molecule has 1 fully saturated rings. The maximum atomic E-state index is 9.16. The van der Waals surface area contributed by atoms with Crippen molar-refractivity contribution in [2.24, 2.45) is 0 Å². The van der Waals surface area contributed by atoms with Gasteiger partial charge in [-0.15, -0.1) is 11.8 Å². The Morgan fingerprint density at radius 2 is 2.20 bits per heavy atom. The topological polar surface area (TPSA) is 68.6 Å². The molecule has 0 amide bonds. The molecule has 2 aliphatic rings. The number of rotatable bonds is 4. The number of aromatic nitrogens is 3. The number of nitrogens with one attached hydrogen (secondary N) is 1. The van der Waals surface area contributed by atoms with E-state index in [0.29, 0.717) is 11.5 Å². The zero-order chi connectivity index (χ0) is 17.2. The summed E-state index contributed by atoms with van der Waals surface area (Å²) in [4.78, 5) is 7.13. The lowest BCUT2D eigenvalue weighted by atomic mass is 9.96. The highest BCUT2D eigenvalue weighted by atomic mass is 32.2. The van der Waals surface area contributed by atoms with Gasteiger partial charge in [-0.1, -0.05) is 12.8 Å². The van der Waals surface area contributed by atoms with Crippen LogP contribution in [0.1, 0.15) is 59.8 Å². The van der Waals surface area contributed by atoms with Gasteiger partial charge in [-0.05, 0) is 31.2 Å². The van der Waals surface area contributed by atoms with E-state index in [0.717, 1.165) is 36.8 Å². The summed E-state index contributed by atoms with van der Waals surface area (Å²) in [6, 6.07) is 6.10. The van der Waals surface area contributed by atoms with Gasteiger partial charge in [-0.25, -0.2) is 4.98 Å². The normalized spacial score (nSPS) is 18.2. The highest BCUT2D eigenvalue weighted by molar-refractivity contribution is 7.98. The minimum Gasteiger partial charge on any atom is -0.293 e. The molecule has 4 rings (SSSR count). The van der Waals surface area contributed by atoms with E-state index < -0.39 is 0 Å². The largest absolute Gasteiger partial charge is 0.293 e. The number of fused-ring (bicyclic) bond motifs is 1. The molecule has 2 aromatic rings. The summed E-state index contributed by atoms with van der Waals surface area (Å²) in [5.41, 5.74) is 5.77. The highest BCUT2D eigenvalue weighted by Crippen LogP contribution is 2.37. The summed E-state index contributed by atoms with van der Waals surface area (Å²) in [6.45, 7) is 2.80. The van der Waals surface area contributed by atoms with Crippen molar-refractivity contribution in [3.05, 3.63) is 40.3 Å². The molecule has 130 valence electrons. The van der Waals surface area contributed by atoms with E-state index in [1.54, 1.807) is 0 Å². The van der Waals surface area contributed by atoms with Gasteiger partial charge in [0.2, 0.25) is 0 Å². The molecule has 0 atom stereocenters. The molecule has 0 radical (unpaired) electrons. The second kappa shape index (κ2) is 7.19. The van der Waals surface area contributed by atoms with Crippen LogP contribution in [0.15, 0.2) is 17.2 Å². The molecule has 0 bridgehead atoms. The standard InChI is InChI=1S/C19H23N5S/c1-25-19-14(10-20)6-7-15(21-19)11-24-9-8-17-16(12-24)18(23-22-17)13-4-2-3-5-13/h6-7,13H,2-5,8-9,11-12H2,1H3,(H,22,23). The summed E-state index contributed by atoms with van der Waals surface area (Å²) in [5, 5.41) is 17.9. The van der Waals surface area contributed by atoms with E-state index in [2.05, 4.69) is 26.2 Å². The summed E-state index contributed by atoms with van der Waals surface area (Å²) in [5.74, 6) is 0.649. The van der Waals surface area contributed by atoms with Crippen LogP contribution in [0.3, 0.4) is 0 Å². The summed E-state index contributed by atoms with van der Waals surface area (Å²) in [6.07, 6.45) is 8.24. The molecule has 0 unspecified atom stereocenters. The fourth-order valence-corrected chi connectivity index (χ4v) is 4.62. The lowest BCUT2D eigenvalue weighted by Gasteiger charge is -2.27. The van der Waals surface area contributed by atoms with Crippen molar-refractivity contribution in [2.45, 2.75) is 56.1 Å². The Morgan fingerprint density at radius 1 is 1.36 bits per heavy atom. The van der Waals surface area contributed by atoms with Crippen LogP contribution in [0.2, 0.25) is 0 Å². The molecular formula is C19H23N5S. The molecule has 1 aliphatic heterocycles. The molecular weight excluding hydrogens is 330 g/mol. The fraction of sp³-hybridized carbons (Fsp3) is 0.526. The number of nitriles is 1. The minimum absolute atomic E-state index is 0.649. The van der Waals surface area contributed by atoms with E-state index in [4.69, 9.17) is 5.26 Å². The molecule has 6 heteroatoms. The van der Waals surface area contributed by atoms with Crippen LogP contribution in [0.5, 0.6) is 0 Å². The maximum absolute atomic E-state index is 9.16. The Hall–Kier alpha value is -1.84. The van der Waals surface area contributed by atoms with Crippen LogP contribution >= 0.6 is 11.8 Å². The molecule has 3 heterocycles. The average Bonchev–Trinajstić information content (AvgIpc) is 3.30. The van der Waals surface area contributed by atoms with Gasteiger partial charge >= 0.3 is 0 Å². The predicted molar refractivity (Wildman–Crippen MR) is 98.3 cm³/mol. The van der Waals surface area contributed by atoms with Crippen LogP contribution in [0, 0.1) is 11.3 Å². The third kappa shape index (κ3) is 3.31. The smallest absolute Gasteiger partial charge is 0.114 e. The molecule has 5 nitrogen and oxygen atoms in total. The van der Waals surface area contributed by atoms with Crippen molar-refractivity contribution < 1.29 is 0 Å². The van der Waals surface area contributed by atoms with E-state index in [9.17, 15) is 0 Å². The van der Waals surface area contributed by atoms with Crippen LogP contribution in [0.4, 0.5) is 0 Å². The Bertz CT molecular complexity index is 801. The van der Waals surface area contributed by atoms with Crippen LogP contribution in [-0.2, 0) is 19.5 Å². The number of thioether (sulfide) groups is 1. The third-order valence-corrected chi connectivity index (χ3v) is 6.10. The van der Waals surface area contributed by atoms with Gasteiger partial charge in [-0.3, -0.25) is 10.00 Å². The molecule has 0 saturated heterocycles. The Balaban J connectivity index is 1.51. The van der Waals surface area contributed by atoms with Crippen LogP contribution < -0.4 is 0 Å². The first-order chi connectivity index (χ1) is 12.3. The highest BCUT2D eigenvalue weighted by Gasteiger charge is 2.28. The maximum Gasteiger partial charge on any atom is 0.114 e. The van der Waals surface area contributed by atoms with Gasteiger partial charge in [-0.2, -0.15) is 10.4 Å². The van der Waals surface area contributed by atoms with Crippen molar-refractivity contribution in [1.82, 2.24) is 20.1 Å². The average molecular weight is 353 g/mol. The zero-order valence-electron chi connectivity index (χ0n) is 14.6. The van der Waals surface area contributed by atoms with Gasteiger partial charge in [0.1, 0.15) is 11.1 Å². The van der Waals surface area contributed by atoms with E-state index >= 15 is 0 Å².